The summed E-state index contributed by atoms with van der Waals surface area (Å²) < 4.78 is 32.5. The van der Waals surface area contributed by atoms with Gasteiger partial charge in [0.05, 0.1) is 13.7 Å². The minimum atomic E-state index is -2.63. The molecule has 1 aliphatic rings. The van der Waals surface area contributed by atoms with Crippen molar-refractivity contribution in [2.75, 3.05) is 33.8 Å². The number of carbonyl (C=O) groups excluding carboxylic acids is 1. The Morgan fingerprint density at radius 2 is 2.12 bits per heavy atom. The quantitative estimate of drug-likeness (QED) is 0.784. The Balaban J connectivity index is 2.11. The fourth-order valence-corrected chi connectivity index (χ4v) is 3.36. The van der Waals surface area contributed by atoms with Crippen molar-refractivity contribution >= 4 is 5.91 Å². The number of carbonyl (C=O) groups is 1. The van der Waals surface area contributed by atoms with E-state index in [4.69, 9.17) is 4.74 Å². The molecule has 0 spiro atoms. The Morgan fingerprint density at radius 1 is 1.40 bits per heavy atom. The van der Waals surface area contributed by atoms with Crippen molar-refractivity contribution in [2.45, 2.75) is 38.7 Å². The van der Waals surface area contributed by atoms with Crippen LogP contribution in [0.3, 0.4) is 0 Å². The van der Waals surface area contributed by atoms with Crippen LogP contribution in [0.25, 0.3) is 0 Å². The summed E-state index contributed by atoms with van der Waals surface area (Å²) in [6.45, 7) is 4.92. The molecule has 2 rings (SSSR count). The largest absolute Gasteiger partial charge is 0.497 e. The first-order valence-corrected chi connectivity index (χ1v) is 8.75. The van der Waals surface area contributed by atoms with Gasteiger partial charge in [0, 0.05) is 31.6 Å². The van der Waals surface area contributed by atoms with E-state index in [0.29, 0.717) is 30.8 Å². The van der Waals surface area contributed by atoms with Gasteiger partial charge in [0.15, 0.2) is 0 Å². The van der Waals surface area contributed by atoms with E-state index in [1.165, 1.54) is 0 Å². The number of hydrogen-bond donors (Lipinski definition) is 0. The number of rotatable bonds is 6. The SMILES string of the molecule is COc1cccc(C(=O)N(C)[C@H](CN2CCCC(F)(F)C2)C(C)C)c1. The molecule has 1 atom stereocenters. The molecular weight excluding hydrogens is 326 g/mol. The molecule has 1 amide bonds. The smallest absolute Gasteiger partial charge is 0.260 e. The van der Waals surface area contributed by atoms with E-state index in [0.717, 1.165) is 0 Å². The Morgan fingerprint density at radius 3 is 2.72 bits per heavy atom. The van der Waals surface area contributed by atoms with Gasteiger partial charge in [0.25, 0.3) is 11.8 Å². The Kier molecular flexibility index (Phi) is 6.38. The van der Waals surface area contributed by atoms with Crippen LogP contribution < -0.4 is 4.74 Å². The molecule has 1 aromatic rings. The molecule has 1 aliphatic heterocycles. The lowest BCUT2D eigenvalue weighted by molar-refractivity contribution is -0.0690. The van der Waals surface area contributed by atoms with Crippen molar-refractivity contribution in [3.8, 4) is 5.75 Å². The molecule has 25 heavy (non-hydrogen) atoms. The lowest BCUT2D eigenvalue weighted by Gasteiger charge is -2.39. The van der Waals surface area contributed by atoms with Crippen molar-refractivity contribution in [2.24, 2.45) is 5.92 Å². The lowest BCUT2D eigenvalue weighted by atomic mass is 9.99. The minimum absolute atomic E-state index is 0.0472. The summed E-state index contributed by atoms with van der Waals surface area (Å²) in [5.41, 5.74) is 0.538. The molecule has 0 aromatic heterocycles. The first kappa shape index (κ1) is 19.6. The van der Waals surface area contributed by atoms with Gasteiger partial charge in [-0.05, 0) is 37.1 Å². The maximum absolute atomic E-state index is 13.7. The van der Waals surface area contributed by atoms with E-state index in [-0.39, 0.29) is 30.8 Å². The van der Waals surface area contributed by atoms with E-state index >= 15 is 0 Å². The maximum Gasteiger partial charge on any atom is 0.260 e. The van der Waals surface area contributed by atoms with Gasteiger partial charge >= 0.3 is 0 Å². The third-order valence-corrected chi connectivity index (χ3v) is 4.82. The highest BCUT2D eigenvalue weighted by molar-refractivity contribution is 5.94. The van der Waals surface area contributed by atoms with Crippen molar-refractivity contribution in [3.05, 3.63) is 29.8 Å². The van der Waals surface area contributed by atoms with Gasteiger partial charge in [0.2, 0.25) is 0 Å². The number of likely N-dealkylation sites (N-methyl/N-ethyl adjacent to an activating group) is 1. The van der Waals surface area contributed by atoms with Crippen LogP contribution in [0, 0.1) is 5.92 Å². The lowest BCUT2D eigenvalue weighted by Crippen LogP contribution is -2.52. The highest BCUT2D eigenvalue weighted by atomic mass is 19.3. The number of halogens is 2. The second-order valence-corrected chi connectivity index (χ2v) is 7.15. The third-order valence-electron chi connectivity index (χ3n) is 4.82. The van der Waals surface area contributed by atoms with Gasteiger partial charge in [-0.3, -0.25) is 9.69 Å². The number of alkyl halides is 2. The number of benzene rings is 1. The van der Waals surface area contributed by atoms with Crippen LogP contribution in [0.4, 0.5) is 8.78 Å². The average molecular weight is 354 g/mol. The normalized spacial score (nSPS) is 18.8. The Bertz CT molecular complexity index is 593. The molecule has 0 bridgehead atoms. The summed E-state index contributed by atoms with van der Waals surface area (Å²) in [7, 11) is 3.30. The molecule has 140 valence electrons. The van der Waals surface area contributed by atoms with Gasteiger partial charge in [-0.25, -0.2) is 8.78 Å². The first-order chi connectivity index (χ1) is 11.7. The molecule has 4 nitrogen and oxygen atoms in total. The number of ether oxygens (including phenoxy) is 1. The van der Waals surface area contributed by atoms with Gasteiger partial charge in [0.1, 0.15) is 5.75 Å². The van der Waals surface area contributed by atoms with Crippen LogP contribution in [0.15, 0.2) is 24.3 Å². The second-order valence-electron chi connectivity index (χ2n) is 7.15. The van der Waals surface area contributed by atoms with E-state index in [9.17, 15) is 13.6 Å². The van der Waals surface area contributed by atoms with Crippen molar-refractivity contribution in [3.63, 3.8) is 0 Å². The van der Waals surface area contributed by atoms with E-state index in [1.807, 2.05) is 13.8 Å². The zero-order valence-electron chi connectivity index (χ0n) is 15.5. The molecule has 0 aliphatic carbocycles. The highest BCUT2D eigenvalue weighted by Crippen LogP contribution is 2.27. The van der Waals surface area contributed by atoms with Gasteiger partial charge in [-0.1, -0.05) is 19.9 Å². The van der Waals surface area contributed by atoms with Crippen molar-refractivity contribution < 1.29 is 18.3 Å². The zero-order chi connectivity index (χ0) is 18.6. The van der Waals surface area contributed by atoms with E-state index in [1.54, 1.807) is 48.2 Å². The minimum Gasteiger partial charge on any atom is -0.497 e. The van der Waals surface area contributed by atoms with Crippen LogP contribution in [0.5, 0.6) is 5.75 Å². The van der Waals surface area contributed by atoms with Gasteiger partial charge < -0.3 is 9.64 Å². The number of methoxy groups -OCH3 is 1. The number of likely N-dealkylation sites (tertiary alicyclic amines) is 1. The molecule has 1 fully saturated rings. The van der Waals surface area contributed by atoms with Crippen LogP contribution in [-0.4, -0.2) is 61.5 Å². The zero-order valence-corrected chi connectivity index (χ0v) is 15.5. The summed E-state index contributed by atoms with van der Waals surface area (Å²) in [5.74, 6) is -1.97. The predicted octanol–water partition coefficient (Wildman–Crippen LogP) is 3.52. The molecule has 6 heteroatoms. The summed E-state index contributed by atoms with van der Waals surface area (Å²) >= 11 is 0. The van der Waals surface area contributed by atoms with Crippen LogP contribution >= 0.6 is 0 Å². The van der Waals surface area contributed by atoms with Crippen molar-refractivity contribution in [1.29, 1.82) is 0 Å². The number of amides is 1. The standard InChI is InChI=1S/C19H28F2N2O2/c1-14(2)17(12-23-10-6-9-19(20,21)13-23)22(3)18(24)15-7-5-8-16(11-15)25-4/h5,7-8,11,14,17H,6,9-10,12-13H2,1-4H3/t17-/m1/s1. The molecule has 0 unspecified atom stereocenters. The van der Waals surface area contributed by atoms with Gasteiger partial charge in [-0.15, -0.1) is 0 Å². The summed E-state index contributed by atoms with van der Waals surface area (Å²) in [4.78, 5) is 16.3. The monoisotopic (exact) mass is 354 g/mol. The average Bonchev–Trinajstić information content (AvgIpc) is 2.57. The van der Waals surface area contributed by atoms with Crippen LogP contribution in [0.1, 0.15) is 37.0 Å². The molecule has 0 radical (unpaired) electrons. The summed E-state index contributed by atoms with van der Waals surface area (Å²) in [5, 5.41) is 0. The predicted molar refractivity (Wildman–Crippen MR) is 94.3 cm³/mol. The Labute approximate surface area is 148 Å². The Hall–Kier alpha value is -1.69. The van der Waals surface area contributed by atoms with Crippen LogP contribution in [-0.2, 0) is 0 Å². The van der Waals surface area contributed by atoms with Crippen LogP contribution in [0.2, 0.25) is 0 Å². The summed E-state index contributed by atoms with van der Waals surface area (Å²) in [6.07, 6.45) is 0.444. The molecule has 1 saturated heterocycles. The van der Waals surface area contributed by atoms with E-state index in [2.05, 4.69) is 0 Å². The first-order valence-electron chi connectivity index (χ1n) is 8.75. The fourth-order valence-electron chi connectivity index (χ4n) is 3.36. The molecule has 1 aromatic carbocycles. The second kappa shape index (κ2) is 8.13. The molecular formula is C19H28F2N2O2. The van der Waals surface area contributed by atoms with E-state index < -0.39 is 5.92 Å². The number of piperidine rings is 1. The number of hydrogen-bond acceptors (Lipinski definition) is 3. The highest BCUT2D eigenvalue weighted by Gasteiger charge is 2.37. The molecule has 0 N–H and O–H groups in total. The maximum atomic E-state index is 13.7. The number of nitrogens with zero attached hydrogens (tertiary/aromatic N) is 2. The topological polar surface area (TPSA) is 32.8 Å². The molecule has 0 saturated carbocycles. The fraction of sp³-hybridized carbons (Fsp3) is 0.632. The molecule has 1 heterocycles. The van der Waals surface area contributed by atoms with Gasteiger partial charge in [-0.2, -0.15) is 0 Å². The third kappa shape index (κ3) is 5.14. The van der Waals surface area contributed by atoms with Crippen molar-refractivity contribution in [1.82, 2.24) is 9.80 Å². The summed E-state index contributed by atoms with van der Waals surface area (Å²) in [6, 6.07) is 6.87.